The molecule has 18 atom stereocenters. The van der Waals surface area contributed by atoms with Gasteiger partial charge in [-0.15, -0.1) is 0 Å². The largest absolute Gasteiger partial charge is 0.396 e. The highest BCUT2D eigenvalue weighted by molar-refractivity contribution is 5.78. The number of carbonyl (C=O) groups is 7. The summed E-state index contributed by atoms with van der Waals surface area (Å²) in [6, 6.07) is 0. The van der Waals surface area contributed by atoms with Gasteiger partial charge in [-0.25, -0.2) is 5.90 Å². The fourth-order valence-corrected chi connectivity index (χ4v) is 15.1. The molecular formula is C65H117N11O25. The van der Waals surface area contributed by atoms with Gasteiger partial charge in [-0.1, -0.05) is 58.3 Å². The van der Waals surface area contributed by atoms with E-state index in [1.807, 2.05) is 0 Å². The summed E-state index contributed by atoms with van der Waals surface area (Å²) in [4.78, 5) is 111. The number of hydroxylamine groups is 3. The average molecular weight is 1450 g/mol. The number of ether oxygens (including phenoxy) is 6. The summed E-state index contributed by atoms with van der Waals surface area (Å²) >= 11 is 0. The van der Waals surface area contributed by atoms with E-state index in [4.69, 9.17) is 48.8 Å². The number of rotatable bonds is 58. The van der Waals surface area contributed by atoms with Crippen molar-refractivity contribution in [1.29, 1.82) is 0 Å². The Morgan fingerprint density at radius 1 is 0.525 bits per heavy atom. The molecule has 6 fully saturated rings. The standard InChI is InChI=1S/C65H117N11O25/c1-40(50(87)41(2)79)33-49(92-5)99-71-27-16-24-67-44(82)20-30-93-37-61(76-47(85)19-14-12-10-8-6-7-9-11-13-15-23-70-48(86)34-96-66,38-94-31-21-45(83)68-25-17-28-72-100-59-64(74-42(3)80)53-51(88)55(90)62(53,35-77)57(64)97-59)39-95-32-22-46(84)69-26-18-29-73-101-60-65(75-43(4)81)54-52(89)56(91)63(54,36-78)58(65)98-60/h40-41,49-60,71-73,77-79,87-91H,6-39,66H2,1-5H3,(H,67,82)(H,68,83)(H,69,84)(H,70,86)(H,74,80)(H,75,81)(H,76,85)/t40?,41?,49-,50?,51?,52?,53?,54?,55+,56+,57?,58?,59-,60-,61?,62?,63?,64?,65?/m0/s1. The molecule has 6 rings (SSSR count). The van der Waals surface area contributed by atoms with E-state index in [-0.39, 0.29) is 140 Å². The summed E-state index contributed by atoms with van der Waals surface area (Å²) in [6.07, 6.45) is -0.154. The Balaban J connectivity index is 0.978. The zero-order valence-electron chi connectivity index (χ0n) is 59.2. The maximum atomic E-state index is 13.9. The summed E-state index contributed by atoms with van der Waals surface area (Å²) in [7, 11) is 1.46. The number of nitrogens with two attached hydrogens (primary N) is 1. The molecule has 0 bridgehead atoms. The summed E-state index contributed by atoms with van der Waals surface area (Å²) in [5.74, 6) is 0.830. The molecule has 4 aliphatic carbocycles. The second-order valence-corrected chi connectivity index (χ2v) is 27.7. The molecule has 36 heteroatoms. The third kappa shape index (κ3) is 21.6. The Hall–Kier alpha value is -4.59. The number of hydrogen-bond acceptors (Lipinski definition) is 29. The smallest absolute Gasteiger partial charge is 0.248 e. The number of aliphatic hydroxyl groups is 8. The van der Waals surface area contributed by atoms with E-state index in [9.17, 15) is 74.4 Å². The van der Waals surface area contributed by atoms with Gasteiger partial charge in [0, 0.05) is 111 Å². The molecule has 2 aliphatic heterocycles. The summed E-state index contributed by atoms with van der Waals surface area (Å²) < 4.78 is 35.4. The van der Waals surface area contributed by atoms with Crippen LogP contribution in [0.1, 0.15) is 143 Å². The van der Waals surface area contributed by atoms with Gasteiger partial charge in [0.05, 0.1) is 100 Å². The predicted molar refractivity (Wildman–Crippen MR) is 354 cm³/mol. The number of nitrogens with one attached hydrogen (secondary N) is 10. The van der Waals surface area contributed by atoms with Crippen LogP contribution in [0.4, 0.5) is 0 Å². The molecule has 0 spiro atoms. The maximum Gasteiger partial charge on any atom is 0.248 e. The summed E-state index contributed by atoms with van der Waals surface area (Å²) in [5.41, 5.74) is 2.44. The SMILES string of the molecule is CO[C@H](CC(C)C(O)C(C)O)ONCCCNC(=O)CCOCC(COCCC(=O)NCCCNO[C@@H]1OC2C3(CO)C(C(O)[C@H]3O)C21NC(C)=O)(COCCC(=O)NCCCNO[C@@H]1OC2C3(CO)C(C(O)[C@H]3O)C21NC(C)=O)NC(=O)CCCCCCCCCCCCNC(=O)CON. The second kappa shape index (κ2) is 41.9. The highest BCUT2D eigenvalue weighted by Gasteiger charge is 2.92. The fourth-order valence-electron chi connectivity index (χ4n) is 15.1. The number of hydrogen-bond donors (Lipinski definition) is 19. The normalized spacial score (nSPS) is 29.6. The van der Waals surface area contributed by atoms with Crippen LogP contribution in [-0.2, 0) is 81.3 Å². The van der Waals surface area contributed by atoms with E-state index in [1.54, 1.807) is 6.92 Å². The molecule has 36 nitrogen and oxygen atoms in total. The number of unbranched alkanes of at least 4 members (excludes halogenated alkanes) is 9. The van der Waals surface area contributed by atoms with Crippen LogP contribution in [-0.4, -0.2) is 279 Å². The van der Waals surface area contributed by atoms with E-state index >= 15 is 0 Å². The molecule has 2 heterocycles. The third-order valence-corrected chi connectivity index (χ3v) is 20.3. The first-order valence-electron chi connectivity index (χ1n) is 35.7. The van der Waals surface area contributed by atoms with Crippen LogP contribution < -0.4 is 59.6 Å². The van der Waals surface area contributed by atoms with Crippen molar-refractivity contribution in [1.82, 2.24) is 53.7 Å². The van der Waals surface area contributed by atoms with Crippen molar-refractivity contribution < 1.29 is 122 Å². The highest BCUT2D eigenvalue weighted by Crippen LogP contribution is 2.74. The average Bonchev–Trinajstić information content (AvgIpc) is 0.633. The first kappa shape index (κ1) is 85.3. The Morgan fingerprint density at radius 2 is 0.921 bits per heavy atom. The van der Waals surface area contributed by atoms with E-state index in [2.05, 4.69) is 58.5 Å². The minimum absolute atomic E-state index is 0.0545. The second-order valence-electron chi connectivity index (χ2n) is 27.7. The Bertz CT molecular complexity index is 2470. The number of methoxy groups -OCH3 is 1. The van der Waals surface area contributed by atoms with Crippen molar-refractivity contribution in [2.24, 2.45) is 34.5 Å². The molecule has 2 saturated heterocycles. The lowest BCUT2D eigenvalue weighted by molar-refractivity contribution is -0.502. The lowest BCUT2D eigenvalue weighted by Gasteiger charge is -2.82. The Kier molecular flexibility index (Phi) is 35.4. The van der Waals surface area contributed by atoms with Crippen LogP contribution >= 0.6 is 0 Å². The number of amides is 7. The van der Waals surface area contributed by atoms with Gasteiger partial charge in [0.1, 0.15) is 35.4 Å². The monoisotopic (exact) mass is 1450 g/mol. The lowest BCUT2D eigenvalue weighted by atomic mass is 9.33. The van der Waals surface area contributed by atoms with Gasteiger partial charge in [-0.05, 0) is 44.9 Å². The molecule has 101 heavy (non-hydrogen) atoms. The Morgan fingerprint density at radius 3 is 1.32 bits per heavy atom. The van der Waals surface area contributed by atoms with E-state index < -0.39 is 132 Å². The topological polar surface area (TPSA) is 520 Å². The molecule has 582 valence electrons. The van der Waals surface area contributed by atoms with E-state index in [1.165, 1.54) is 27.9 Å². The molecule has 4 saturated carbocycles. The van der Waals surface area contributed by atoms with Gasteiger partial charge in [0.2, 0.25) is 53.9 Å². The van der Waals surface area contributed by atoms with Crippen molar-refractivity contribution >= 4 is 41.4 Å². The number of fused-ring (bicyclic) bond motifs is 8. The van der Waals surface area contributed by atoms with Crippen LogP contribution in [0.3, 0.4) is 0 Å². The van der Waals surface area contributed by atoms with Crippen LogP contribution in [0.2, 0.25) is 0 Å². The van der Waals surface area contributed by atoms with Crippen LogP contribution in [0.5, 0.6) is 0 Å². The molecule has 0 radical (unpaired) electrons. The Labute approximate surface area is 589 Å². The van der Waals surface area contributed by atoms with Gasteiger partial charge < -0.3 is 106 Å². The van der Waals surface area contributed by atoms with Gasteiger partial charge in [0.15, 0.2) is 6.29 Å². The van der Waals surface area contributed by atoms with Gasteiger partial charge in [-0.3, -0.25) is 52.9 Å². The first-order valence-corrected chi connectivity index (χ1v) is 35.7. The van der Waals surface area contributed by atoms with Gasteiger partial charge in [-0.2, -0.15) is 16.4 Å². The third-order valence-electron chi connectivity index (χ3n) is 20.3. The highest BCUT2D eigenvalue weighted by atomic mass is 16.8. The number of aliphatic hydroxyl groups excluding tert-OH is 8. The molecule has 7 amide bonds. The van der Waals surface area contributed by atoms with Crippen molar-refractivity contribution in [2.45, 2.75) is 228 Å². The predicted octanol–water partition coefficient (Wildman–Crippen LogP) is -4.93. The van der Waals surface area contributed by atoms with Crippen LogP contribution in [0, 0.1) is 28.6 Å². The van der Waals surface area contributed by atoms with E-state index in [0.717, 1.165) is 57.8 Å². The minimum Gasteiger partial charge on any atom is -0.396 e. The molecule has 20 N–H and O–H groups in total. The van der Waals surface area contributed by atoms with Crippen molar-refractivity contribution in [3.05, 3.63) is 0 Å². The molecule has 13 unspecified atom stereocenters. The zero-order chi connectivity index (χ0) is 73.8. The van der Waals surface area contributed by atoms with E-state index in [0.29, 0.717) is 45.2 Å². The van der Waals surface area contributed by atoms with Crippen LogP contribution in [0.15, 0.2) is 0 Å². The molecule has 0 aromatic carbocycles. The zero-order valence-corrected chi connectivity index (χ0v) is 59.2. The molecule has 0 aromatic heterocycles. The minimum atomic E-state index is -1.38. The molecular weight excluding hydrogens is 1330 g/mol. The van der Waals surface area contributed by atoms with Gasteiger partial charge >= 0.3 is 0 Å². The maximum absolute atomic E-state index is 13.9. The summed E-state index contributed by atoms with van der Waals surface area (Å²) in [6.45, 7) is 6.02. The molecule has 6 aliphatic rings. The quantitative estimate of drug-likeness (QED) is 0.0154. The van der Waals surface area contributed by atoms with Crippen molar-refractivity contribution in [3.63, 3.8) is 0 Å². The summed E-state index contributed by atoms with van der Waals surface area (Å²) in [5, 5.41) is 102. The van der Waals surface area contributed by atoms with Crippen molar-refractivity contribution in [3.8, 4) is 0 Å². The fraction of sp³-hybridized carbons (Fsp3) is 0.892. The van der Waals surface area contributed by atoms with Crippen molar-refractivity contribution in [2.75, 3.05) is 112 Å². The molecule has 0 aromatic rings. The van der Waals surface area contributed by atoms with Crippen LogP contribution in [0.25, 0.3) is 0 Å². The first-order chi connectivity index (χ1) is 48.4. The lowest BCUT2D eigenvalue weighted by Crippen LogP contribution is -3.01. The van der Waals surface area contributed by atoms with Gasteiger partial charge in [0.25, 0.3) is 0 Å². The number of carbonyl (C=O) groups excluding carboxylic acids is 7.